The van der Waals surface area contributed by atoms with Gasteiger partial charge in [-0.25, -0.2) is 9.97 Å². The molecule has 2 heterocycles. The van der Waals surface area contributed by atoms with Crippen molar-refractivity contribution in [2.75, 3.05) is 43.6 Å². The van der Waals surface area contributed by atoms with E-state index in [-0.39, 0.29) is 6.61 Å². The van der Waals surface area contributed by atoms with E-state index in [1.165, 1.54) is 0 Å². The normalized spacial score (nSPS) is 18.6. The summed E-state index contributed by atoms with van der Waals surface area (Å²) in [6.07, 6.45) is 0. The fourth-order valence-corrected chi connectivity index (χ4v) is 2.13. The average molecular weight is 295 g/mol. The van der Waals surface area contributed by atoms with Crippen LogP contribution >= 0.6 is 0 Å². The monoisotopic (exact) mass is 295 g/mol. The van der Waals surface area contributed by atoms with Crippen LogP contribution in [0.4, 0.5) is 11.6 Å². The second-order valence-corrected chi connectivity index (χ2v) is 4.60. The van der Waals surface area contributed by atoms with Crippen LogP contribution in [0.15, 0.2) is 6.07 Å². The minimum absolute atomic E-state index is 0.273. The van der Waals surface area contributed by atoms with E-state index in [1.54, 1.807) is 13.1 Å². The first-order valence-electron chi connectivity index (χ1n) is 6.92. The van der Waals surface area contributed by atoms with Gasteiger partial charge in [0, 0.05) is 26.3 Å². The smallest absolute Gasteiger partial charge is 0.242 e. The Morgan fingerprint density at radius 1 is 1.62 bits per heavy atom. The first kappa shape index (κ1) is 15.5. The number of amides is 1. The molecule has 0 spiro atoms. The van der Waals surface area contributed by atoms with Crippen LogP contribution in [-0.4, -0.2) is 55.3 Å². The molecule has 0 aromatic carbocycles. The molecule has 116 valence electrons. The molecular weight excluding hydrogens is 274 g/mol. The Labute approximate surface area is 123 Å². The summed E-state index contributed by atoms with van der Waals surface area (Å²) < 4.78 is 10.7. The van der Waals surface area contributed by atoms with Crippen LogP contribution in [0, 0.1) is 0 Å². The number of aromatic nitrogens is 2. The summed E-state index contributed by atoms with van der Waals surface area (Å²) in [5.74, 6) is 1.46. The highest BCUT2D eigenvalue weighted by Crippen LogP contribution is 2.20. The van der Waals surface area contributed by atoms with Gasteiger partial charge >= 0.3 is 0 Å². The molecule has 8 heteroatoms. The number of nitrogens with zero attached hydrogens (tertiary/aromatic N) is 3. The van der Waals surface area contributed by atoms with E-state index < -0.39 is 11.9 Å². The molecule has 8 nitrogen and oxygen atoms in total. The van der Waals surface area contributed by atoms with Gasteiger partial charge < -0.3 is 25.4 Å². The van der Waals surface area contributed by atoms with Crippen LogP contribution in [0.25, 0.3) is 0 Å². The molecule has 3 N–H and O–H groups in total. The number of nitrogens with two attached hydrogens (primary N) is 1. The van der Waals surface area contributed by atoms with Gasteiger partial charge in [0.05, 0.1) is 13.2 Å². The number of carbonyl (C=O) groups excluding carboxylic acids is 1. The number of anilines is 2. The fraction of sp³-hybridized carbons (Fsp3) is 0.615. The molecule has 1 amide bonds. The molecule has 21 heavy (non-hydrogen) atoms. The van der Waals surface area contributed by atoms with Gasteiger partial charge in [-0.15, -0.1) is 0 Å². The first-order chi connectivity index (χ1) is 10.2. The van der Waals surface area contributed by atoms with Crippen molar-refractivity contribution in [1.82, 2.24) is 9.97 Å². The van der Waals surface area contributed by atoms with Crippen LogP contribution in [0.2, 0.25) is 0 Å². The summed E-state index contributed by atoms with van der Waals surface area (Å²) in [5, 5.41) is 2.99. The zero-order chi connectivity index (χ0) is 15.2. The number of primary amides is 1. The molecule has 1 atom stereocenters. The molecule has 0 aliphatic carbocycles. The van der Waals surface area contributed by atoms with Crippen molar-refractivity contribution < 1.29 is 14.3 Å². The summed E-state index contributed by atoms with van der Waals surface area (Å²) in [6.45, 7) is 4.18. The van der Waals surface area contributed by atoms with E-state index in [0.29, 0.717) is 43.8 Å². The highest BCUT2D eigenvalue weighted by molar-refractivity contribution is 5.83. The maximum absolute atomic E-state index is 11.6. The molecular formula is C13H21N5O3. The third-order valence-electron chi connectivity index (χ3n) is 3.20. The molecule has 2 rings (SSSR count). The average Bonchev–Trinajstić information content (AvgIpc) is 2.52. The molecule has 1 aromatic heterocycles. The maximum Gasteiger partial charge on any atom is 0.242 e. The second-order valence-electron chi connectivity index (χ2n) is 4.60. The Morgan fingerprint density at radius 2 is 2.43 bits per heavy atom. The number of carbonyl (C=O) groups is 1. The number of rotatable bonds is 6. The Bertz CT molecular complexity index is 497. The number of hydrogen-bond donors (Lipinski definition) is 2. The third-order valence-corrected chi connectivity index (χ3v) is 3.20. The Hall–Kier alpha value is -1.93. The van der Waals surface area contributed by atoms with Gasteiger partial charge in [0.2, 0.25) is 5.91 Å². The topological polar surface area (TPSA) is 103 Å². The second kappa shape index (κ2) is 7.19. The van der Waals surface area contributed by atoms with E-state index in [2.05, 4.69) is 15.3 Å². The predicted octanol–water partition coefficient (Wildman–Crippen LogP) is -0.255. The van der Waals surface area contributed by atoms with Crippen molar-refractivity contribution in [2.45, 2.75) is 19.6 Å². The zero-order valence-electron chi connectivity index (χ0n) is 12.3. The molecule has 1 aliphatic heterocycles. The van der Waals surface area contributed by atoms with Gasteiger partial charge in [-0.3, -0.25) is 4.79 Å². The number of hydrogen-bond acceptors (Lipinski definition) is 7. The Kier molecular flexibility index (Phi) is 5.29. The summed E-state index contributed by atoms with van der Waals surface area (Å²) >= 11 is 0. The lowest BCUT2D eigenvalue weighted by molar-refractivity contribution is -0.121. The lowest BCUT2D eigenvalue weighted by atomic mass is 10.2. The van der Waals surface area contributed by atoms with Gasteiger partial charge in [0.1, 0.15) is 24.3 Å². The van der Waals surface area contributed by atoms with Gasteiger partial charge in [-0.1, -0.05) is 0 Å². The standard InChI is InChI=1S/C13H21N5O3/c1-3-20-8-11-16-10(15-2)6-12(17-11)18-4-5-21-7-9(18)13(14)19/h6,9H,3-5,7-8H2,1-2H3,(H2,14,19)(H,15,16,17). The van der Waals surface area contributed by atoms with Crippen LogP contribution in [0.3, 0.4) is 0 Å². The summed E-state index contributed by atoms with van der Waals surface area (Å²) in [7, 11) is 1.78. The van der Waals surface area contributed by atoms with E-state index in [1.807, 2.05) is 11.8 Å². The first-order valence-corrected chi connectivity index (χ1v) is 6.92. The van der Waals surface area contributed by atoms with E-state index in [0.717, 1.165) is 0 Å². The summed E-state index contributed by atoms with van der Waals surface area (Å²) in [4.78, 5) is 22.2. The maximum atomic E-state index is 11.6. The molecule has 1 fully saturated rings. The minimum atomic E-state index is -0.515. The predicted molar refractivity (Wildman–Crippen MR) is 78.1 cm³/mol. The fourth-order valence-electron chi connectivity index (χ4n) is 2.13. The van der Waals surface area contributed by atoms with E-state index >= 15 is 0 Å². The van der Waals surface area contributed by atoms with Crippen LogP contribution in [0.1, 0.15) is 12.7 Å². The molecule has 0 bridgehead atoms. The van der Waals surface area contributed by atoms with Crippen molar-refractivity contribution in [1.29, 1.82) is 0 Å². The molecule has 1 saturated heterocycles. The van der Waals surface area contributed by atoms with E-state index in [9.17, 15) is 4.79 Å². The van der Waals surface area contributed by atoms with Crippen LogP contribution in [0.5, 0.6) is 0 Å². The summed E-state index contributed by atoms with van der Waals surface area (Å²) in [5.41, 5.74) is 5.44. The number of nitrogens with one attached hydrogen (secondary N) is 1. The van der Waals surface area contributed by atoms with Crippen molar-refractivity contribution in [3.8, 4) is 0 Å². The minimum Gasteiger partial charge on any atom is -0.377 e. The lowest BCUT2D eigenvalue weighted by Crippen LogP contribution is -2.53. The third kappa shape index (κ3) is 3.79. The highest BCUT2D eigenvalue weighted by atomic mass is 16.5. The van der Waals surface area contributed by atoms with E-state index in [4.69, 9.17) is 15.2 Å². The van der Waals surface area contributed by atoms with Crippen LogP contribution in [-0.2, 0) is 20.9 Å². The SMILES string of the molecule is CCOCc1nc(NC)cc(N2CCOCC2C(N)=O)n1. The van der Waals surface area contributed by atoms with Gasteiger partial charge in [-0.05, 0) is 6.92 Å². The Morgan fingerprint density at radius 3 is 3.10 bits per heavy atom. The number of morpholine rings is 1. The van der Waals surface area contributed by atoms with Crippen molar-refractivity contribution in [3.63, 3.8) is 0 Å². The molecule has 0 saturated carbocycles. The quantitative estimate of drug-likeness (QED) is 0.745. The Balaban J connectivity index is 2.29. The van der Waals surface area contributed by atoms with Gasteiger partial charge in [0.25, 0.3) is 0 Å². The lowest BCUT2D eigenvalue weighted by Gasteiger charge is -2.34. The molecule has 0 radical (unpaired) electrons. The zero-order valence-corrected chi connectivity index (χ0v) is 12.3. The molecule has 1 aromatic rings. The summed E-state index contributed by atoms with van der Waals surface area (Å²) in [6, 6.07) is 1.27. The van der Waals surface area contributed by atoms with Crippen LogP contribution < -0.4 is 16.0 Å². The number of ether oxygens (including phenoxy) is 2. The van der Waals surface area contributed by atoms with Crippen molar-refractivity contribution in [2.24, 2.45) is 5.73 Å². The van der Waals surface area contributed by atoms with Crippen molar-refractivity contribution >= 4 is 17.5 Å². The van der Waals surface area contributed by atoms with Gasteiger partial charge in [-0.2, -0.15) is 0 Å². The van der Waals surface area contributed by atoms with Crippen molar-refractivity contribution in [3.05, 3.63) is 11.9 Å². The highest BCUT2D eigenvalue weighted by Gasteiger charge is 2.29. The molecule has 1 aliphatic rings. The largest absolute Gasteiger partial charge is 0.377 e. The molecule has 1 unspecified atom stereocenters. The van der Waals surface area contributed by atoms with Gasteiger partial charge in [0.15, 0.2) is 5.82 Å².